The second-order valence-electron chi connectivity index (χ2n) is 7.59. The number of hydrogen-bond acceptors (Lipinski definition) is 9. The third kappa shape index (κ3) is 6.64. The number of hydrogen-bond donors (Lipinski definition) is 4. The van der Waals surface area contributed by atoms with Crippen LogP contribution in [0.5, 0.6) is 0 Å². The van der Waals surface area contributed by atoms with Gasteiger partial charge >= 0.3 is 5.69 Å². The molecule has 0 aliphatic carbocycles. The van der Waals surface area contributed by atoms with E-state index in [2.05, 4.69) is 34.6 Å². The highest BCUT2D eigenvalue weighted by Crippen LogP contribution is 2.31. The lowest BCUT2D eigenvalue weighted by molar-refractivity contribution is -0.122. The van der Waals surface area contributed by atoms with Crippen LogP contribution in [0.3, 0.4) is 0 Å². The van der Waals surface area contributed by atoms with E-state index in [1.165, 1.54) is 16.8 Å². The molecule has 12 nitrogen and oxygen atoms in total. The number of nitrogens with two attached hydrogens (primary N) is 2. The van der Waals surface area contributed by atoms with Gasteiger partial charge in [0, 0.05) is 50.2 Å². The molecule has 184 valence electrons. The van der Waals surface area contributed by atoms with Crippen molar-refractivity contribution in [3.05, 3.63) is 58.1 Å². The molecule has 6 N–H and O–H groups in total. The maximum absolute atomic E-state index is 12.5. The van der Waals surface area contributed by atoms with Crippen LogP contribution < -0.4 is 27.8 Å². The Hall–Kier alpha value is -2.30. The lowest BCUT2D eigenvalue weighted by atomic mass is 10.1. The van der Waals surface area contributed by atoms with Gasteiger partial charge in [0.2, 0.25) is 5.91 Å². The van der Waals surface area contributed by atoms with Crippen LogP contribution in [0.4, 0.5) is 5.82 Å². The Kier molecular flexibility index (Phi) is 9.61. The normalized spacial score (nSPS) is 20.6. The van der Waals surface area contributed by atoms with Gasteiger partial charge in [0.25, 0.3) is 5.91 Å². The monoisotopic (exact) mass is 510 g/mol. The predicted octanol–water partition coefficient (Wildman–Crippen LogP) is -0.333. The van der Waals surface area contributed by atoms with Crippen LogP contribution in [0.2, 0.25) is 0 Å². The van der Waals surface area contributed by atoms with Crippen LogP contribution in [0.25, 0.3) is 0 Å². The molecule has 0 bridgehead atoms. The molecule has 1 aliphatic rings. The zero-order valence-electron chi connectivity index (χ0n) is 18.3. The van der Waals surface area contributed by atoms with Crippen molar-refractivity contribution in [3.8, 4) is 0 Å². The SMILES string of the molecule is NCC(N)C(=O)NCc1ccc(C(=O)Nc2ccn([C@H]3C[C@@H](OP)[C@@H](COP)O3)c(=O)n2)cc1. The summed E-state index contributed by atoms with van der Waals surface area (Å²) in [7, 11) is 4.35. The van der Waals surface area contributed by atoms with Crippen LogP contribution >= 0.6 is 18.9 Å². The van der Waals surface area contributed by atoms with Gasteiger partial charge in [-0.15, -0.1) is 0 Å². The molecule has 2 amide bonds. The number of rotatable bonds is 10. The Morgan fingerprint density at radius 2 is 2.00 bits per heavy atom. The fourth-order valence-corrected chi connectivity index (χ4v) is 3.83. The number of nitrogens with zero attached hydrogens (tertiary/aromatic N) is 2. The zero-order chi connectivity index (χ0) is 24.7. The zero-order valence-corrected chi connectivity index (χ0v) is 20.6. The number of anilines is 1. The van der Waals surface area contributed by atoms with Crippen LogP contribution in [0.1, 0.15) is 28.6 Å². The van der Waals surface area contributed by atoms with E-state index >= 15 is 0 Å². The molecular weight excluding hydrogens is 482 g/mol. The summed E-state index contributed by atoms with van der Waals surface area (Å²) < 4.78 is 17.6. The van der Waals surface area contributed by atoms with Crippen LogP contribution in [0.15, 0.2) is 41.3 Å². The van der Waals surface area contributed by atoms with Crippen molar-refractivity contribution in [2.75, 3.05) is 18.5 Å². The van der Waals surface area contributed by atoms with Crippen molar-refractivity contribution < 1.29 is 23.4 Å². The summed E-state index contributed by atoms with van der Waals surface area (Å²) in [6.07, 6.45) is 0.806. The first-order chi connectivity index (χ1) is 16.4. The molecule has 14 heteroatoms. The van der Waals surface area contributed by atoms with Crippen LogP contribution in [-0.2, 0) is 25.1 Å². The van der Waals surface area contributed by atoms with E-state index in [1.807, 2.05) is 0 Å². The quantitative estimate of drug-likeness (QED) is 0.312. The van der Waals surface area contributed by atoms with E-state index in [4.69, 9.17) is 25.3 Å². The highest BCUT2D eigenvalue weighted by atomic mass is 31.0. The topological polar surface area (TPSA) is 173 Å². The van der Waals surface area contributed by atoms with Crippen molar-refractivity contribution in [3.63, 3.8) is 0 Å². The molecule has 6 atom stereocenters. The standard InChI is InChI=1S/C20H28N6O6P2/c21-8-13(22)19(28)23-9-11-1-3-12(4-2-11)18(27)24-16-5-6-26(20(29)25-16)17-7-14(32-34)15(31-17)10-30-33/h1-6,13-15,17H,7-10,21-22,33-34H2,(H,23,28)(H,24,25,27,29)/t13?,14-,15-,17-/m1/s1. The Balaban J connectivity index is 1.59. The summed E-state index contributed by atoms with van der Waals surface area (Å²) in [5.41, 5.74) is 11.5. The largest absolute Gasteiger partial charge is 0.363 e. The van der Waals surface area contributed by atoms with Crippen molar-refractivity contribution in [1.29, 1.82) is 0 Å². The fraction of sp³-hybridized carbons (Fsp3) is 0.400. The van der Waals surface area contributed by atoms with Gasteiger partial charge in [-0.2, -0.15) is 4.98 Å². The van der Waals surface area contributed by atoms with E-state index in [0.717, 1.165) is 5.56 Å². The molecule has 2 heterocycles. The maximum atomic E-state index is 12.5. The number of carbonyl (C=O) groups excluding carboxylic acids is 2. The molecule has 3 unspecified atom stereocenters. The first kappa shape index (κ1) is 26.3. The van der Waals surface area contributed by atoms with E-state index in [9.17, 15) is 14.4 Å². The maximum Gasteiger partial charge on any atom is 0.351 e. The molecule has 0 radical (unpaired) electrons. The minimum Gasteiger partial charge on any atom is -0.363 e. The van der Waals surface area contributed by atoms with Crippen molar-refractivity contribution in [2.24, 2.45) is 11.5 Å². The van der Waals surface area contributed by atoms with E-state index < -0.39 is 23.9 Å². The second-order valence-corrected chi connectivity index (χ2v) is 8.19. The molecule has 1 aromatic heterocycles. The number of carbonyl (C=O) groups is 2. The molecule has 1 saturated heterocycles. The second kappa shape index (κ2) is 12.4. The van der Waals surface area contributed by atoms with Crippen LogP contribution in [0, 0.1) is 0 Å². The molecule has 3 rings (SSSR count). The number of aromatic nitrogens is 2. The summed E-state index contributed by atoms with van der Waals surface area (Å²) in [5, 5.41) is 5.27. The van der Waals surface area contributed by atoms with E-state index in [-0.39, 0.29) is 37.0 Å². The van der Waals surface area contributed by atoms with Gasteiger partial charge in [-0.25, -0.2) is 4.79 Å². The summed E-state index contributed by atoms with van der Waals surface area (Å²) in [4.78, 5) is 40.7. The number of amides is 2. The first-order valence-corrected chi connectivity index (χ1v) is 11.4. The number of ether oxygens (including phenoxy) is 1. The molecule has 0 spiro atoms. The molecule has 34 heavy (non-hydrogen) atoms. The van der Waals surface area contributed by atoms with Gasteiger partial charge in [0.05, 0.1) is 18.8 Å². The van der Waals surface area contributed by atoms with E-state index in [0.29, 0.717) is 18.6 Å². The molecule has 2 aromatic rings. The van der Waals surface area contributed by atoms with Gasteiger partial charge in [-0.1, -0.05) is 12.1 Å². The molecule has 0 saturated carbocycles. The fourth-order valence-electron chi connectivity index (χ4n) is 3.35. The van der Waals surface area contributed by atoms with E-state index in [1.54, 1.807) is 24.3 Å². The third-order valence-corrected chi connectivity index (χ3v) is 5.81. The van der Waals surface area contributed by atoms with Crippen molar-refractivity contribution >= 4 is 36.6 Å². The van der Waals surface area contributed by atoms with Gasteiger partial charge in [0.1, 0.15) is 18.1 Å². The summed E-state index contributed by atoms with van der Waals surface area (Å²) in [6.45, 7) is 0.602. The van der Waals surface area contributed by atoms with Crippen LogP contribution in [-0.4, -0.2) is 52.8 Å². The van der Waals surface area contributed by atoms with Crippen molar-refractivity contribution in [2.45, 2.75) is 37.4 Å². The Morgan fingerprint density at radius 1 is 1.26 bits per heavy atom. The Morgan fingerprint density at radius 3 is 2.62 bits per heavy atom. The highest BCUT2D eigenvalue weighted by molar-refractivity contribution is 7.10. The highest BCUT2D eigenvalue weighted by Gasteiger charge is 2.37. The minimum atomic E-state index is -0.764. The lowest BCUT2D eigenvalue weighted by Gasteiger charge is -2.16. The van der Waals surface area contributed by atoms with Gasteiger partial charge < -0.3 is 35.9 Å². The molecular formula is C20H28N6O6P2. The lowest BCUT2D eigenvalue weighted by Crippen LogP contribution is -2.44. The molecule has 1 aromatic carbocycles. The summed E-state index contributed by atoms with van der Waals surface area (Å²) in [6, 6.07) is 7.36. The third-order valence-electron chi connectivity index (χ3n) is 5.27. The van der Waals surface area contributed by atoms with Gasteiger partial charge in [0.15, 0.2) is 0 Å². The first-order valence-electron chi connectivity index (χ1n) is 10.4. The molecule has 1 aliphatic heterocycles. The number of nitrogens with one attached hydrogen (secondary N) is 2. The number of benzene rings is 1. The summed E-state index contributed by atoms with van der Waals surface area (Å²) in [5.74, 6) is -0.672. The Labute approximate surface area is 200 Å². The Bertz CT molecular complexity index is 1050. The summed E-state index contributed by atoms with van der Waals surface area (Å²) >= 11 is 0. The van der Waals surface area contributed by atoms with Crippen molar-refractivity contribution in [1.82, 2.24) is 14.9 Å². The van der Waals surface area contributed by atoms with Gasteiger partial charge in [-0.3, -0.25) is 14.2 Å². The molecule has 1 fully saturated rings. The smallest absolute Gasteiger partial charge is 0.351 e. The average molecular weight is 510 g/mol. The minimum absolute atomic E-state index is 0.0532. The average Bonchev–Trinajstić information content (AvgIpc) is 3.25. The predicted molar refractivity (Wildman–Crippen MR) is 131 cm³/mol. The van der Waals surface area contributed by atoms with Gasteiger partial charge in [-0.05, 0) is 23.8 Å².